The molecule has 0 saturated heterocycles. The van der Waals surface area contributed by atoms with Crippen LogP contribution in [0.5, 0.6) is 0 Å². The van der Waals surface area contributed by atoms with E-state index < -0.39 is 16.0 Å². The zero-order chi connectivity index (χ0) is 16.9. The standard InChI is InChI=1S/C15H17NO5S2/c1-21-15(18)14-13(7-10-22-14)23(19,20)16(8-9-17)11-12-5-3-2-4-6-12/h2-7,10,17H,8-9,11H2,1H3. The van der Waals surface area contributed by atoms with Gasteiger partial charge in [0.2, 0.25) is 10.0 Å². The molecule has 0 unspecified atom stereocenters. The minimum Gasteiger partial charge on any atom is -0.465 e. The third-order valence-electron chi connectivity index (χ3n) is 3.17. The van der Waals surface area contributed by atoms with Crippen LogP contribution in [0.25, 0.3) is 0 Å². The summed E-state index contributed by atoms with van der Waals surface area (Å²) >= 11 is 1.01. The number of methoxy groups -OCH3 is 1. The van der Waals surface area contributed by atoms with Gasteiger partial charge < -0.3 is 9.84 Å². The SMILES string of the molecule is COC(=O)c1sccc1S(=O)(=O)N(CCO)Cc1ccccc1. The largest absolute Gasteiger partial charge is 0.465 e. The Morgan fingerprint density at radius 3 is 2.57 bits per heavy atom. The van der Waals surface area contributed by atoms with Crippen LogP contribution in [0.15, 0.2) is 46.7 Å². The molecule has 1 N–H and O–H groups in total. The fourth-order valence-corrected chi connectivity index (χ4v) is 4.79. The topological polar surface area (TPSA) is 83.9 Å². The molecule has 0 saturated carbocycles. The number of benzene rings is 1. The van der Waals surface area contributed by atoms with Crippen LogP contribution in [0.1, 0.15) is 15.2 Å². The van der Waals surface area contributed by atoms with Crippen molar-refractivity contribution in [2.45, 2.75) is 11.4 Å². The van der Waals surface area contributed by atoms with Crippen molar-refractivity contribution in [3.8, 4) is 0 Å². The van der Waals surface area contributed by atoms with E-state index in [1.165, 1.54) is 18.6 Å². The summed E-state index contributed by atoms with van der Waals surface area (Å²) in [5.41, 5.74) is 0.791. The van der Waals surface area contributed by atoms with Crippen molar-refractivity contribution in [1.29, 1.82) is 0 Å². The van der Waals surface area contributed by atoms with E-state index in [2.05, 4.69) is 4.74 Å². The Hall–Kier alpha value is -1.74. The van der Waals surface area contributed by atoms with Crippen LogP contribution in [-0.2, 0) is 21.3 Å². The molecule has 23 heavy (non-hydrogen) atoms. The van der Waals surface area contributed by atoms with Crippen molar-refractivity contribution in [2.75, 3.05) is 20.3 Å². The Morgan fingerprint density at radius 1 is 1.26 bits per heavy atom. The quantitative estimate of drug-likeness (QED) is 0.765. The number of carbonyl (C=O) groups excluding carboxylic acids is 1. The number of sulfonamides is 1. The maximum Gasteiger partial charge on any atom is 0.349 e. The van der Waals surface area contributed by atoms with E-state index in [1.807, 2.05) is 18.2 Å². The molecule has 2 aromatic rings. The minimum atomic E-state index is -3.92. The van der Waals surface area contributed by atoms with E-state index >= 15 is 0 Å². The maximum atomic E-state index is 12.8. The van der Waals surface area contributed by atoms with Gasteiger partial charge in [-0.05, 0) is 17.0 Å². The number of aliphatic hydroxyl groups excluding tert-OH is 1. The van der Waals surface area contributed by atoms with Crippen LogP contribution in [0.4, 0.5) is 0 Å². The molecule has 0 fully saturated rings. The minimum absolute atomic E-state index is 0.0310. The zero-order valence-corrected chi connectivity index (χ0v) is 14.1. The average molecular weight is 355 g/mol. The number of hydrogen-bond acceptors (Lipinski definition) is 6. The van der Waals surface area contributed by atoms with Crippen LogP contribution in [0.2, 0.25) is 0 Å². The maximum absolute atomic E-state index is 12.8. The molecule has 0 spiro atoms. The second-order valence-electron chi connectivity index (χ2n) is 4.65. The van der Waals surface area contributed by atoms with Gasteiger partial charge in [0.25, 0.3) is 0 Å². The van der Waals surface area contributed by atoms with Crippen LogP contribution in [0.3, 0.4) is 0 Å². The molecular weight excluding hydrogens is 338 g/mol. The summed E-state index contributed by atoms with van der Waals surface area (Å²) in [6.07, 6.45) is 0. The Bertz CT molecular complexity index is 755. The first kappa shape index (κ1) is 17.6. The normalized spacial score (nSPS) is 11.6. The van der Waals surface area contributed by atoms with Crippen molar-refractivity contribution >= 4 is 27.3 Å². The highest BCUT2D eigenvalue weighted by Crippen LogP contribution is 2.26. The smallest absolute Gasteiger partial charge is 0.349 e. The molecule has 1 aromatic heterocycles. The van der Waals surface area contributed by atoms with Crippen molar-refractivity contribution in [3.05, 3.63) is 52.2 Å². The van der Waals surface area contributed by atoms with Crippen LogP contribution in [-0.4, -0.2) is 44.1 Å². The summed E-state index contributed by atoms with van der Waals surface area (Å²) in [6.45, 7) is -0.266. The van der Waals surface area contributed by atoms with Crippen LogP contribution >= 0.6 is 11.3 Å². The van der Waals surface area contributed by atoms with E-state index in [0.29, 0.717) is 0 Å². The average Bonchev–Trinajstić information content (AvgIpc) is 3.05. The number of nitrogens with zero attached hydrogens (tertiary/aromatic N) is 1. The number of aliphatic hydroxyl groups is 1. The predicted octanol–water partition coefficient (Wildman–Crippen LogP) is 1.72. The van der Waals surface area contributed by atoms with E-state index in [4.69, 9.17) is 0 Å². The fraction of sp³-hybridized carbons (Fsp3) is 0.267. The Morgan fingerprint density at radius 2 is 1.96 bits per heavy atom. The van der Waals surface area contributed by atoms with Gasteiger partial charge in [0, 0.05) is 13.1 Å². The van der Waals surface area contributed by atoms with Crippen molar-refractivity contribution in [3.63, 3.8) is 0 Å². The zero-order valence-electron chi connectivity index (χ0n) is 12.5. The van der Waals surface area contributed by atoms with Crippen molar-refractivity contribution in [2.24, 2.45) is 0 Å². The van der Waals surface area contributed by atoms with E-state index in [9.17, 15) is 18.3 Å². The van der Waals surface area contributed by atoms with E-state index in [1.54, 1.807) is 12.1 Å². The lowest BCUT2D eigenvalue weighted by Gasteiger charge is -2.21. The molecule has 0 amide bonds. The lowest BCUT2D eigenvalue weighted by Crippen LogP contribution is -2.33. The van der Waals surface area contributed by atoms with Crippen LogP contribution < -0.4 is 0 Å². The third-order valence-corrected chi connectivity index (χ3v) is 6.08. The molecule has 0 aliphatic rings. The molecule has 1 aromatic carbocycles. The number of ether oxygens (including phenoxy) is 1. The Balaban J connectivity index is 2.38. The molecule has 2 rings (SSSR count). The molecular formula is C15H17NO5S2. The summed E-state index contributed by atoms with van der Waals surface area (Å²) in [6, 6.07) is 10.4. The van der Waals surface area contributed by atoms with Gasteiger partial charge in [0.1, 0.15) is 9.77 Å². The van der Waals surface area contributed by atoms with Gasteiger partial charge in [-0.15, -0.1) is 11.3 Å². The van der Waals surface area contributed by atoms with Gasteiger partial charge in [0.05, 0.1) is 13.7 Å². The highest BCUT2D eigenvalue weighted by atomic mass is 32.2. The molecule has 8 heteroatoms. The Labute approximate surface area is 139 Å². The van der Waals surface area contributed by atoms with Gasteiger partial charge in [-0.3, -0.25) is 0 Å². The van der Waals surface area contributed by atoms with Gasteiger partial charge in [-0.25, -0.2) is 13.2 Å². The summed E-state index contributed by atoms with van der Waals surface area (Å²) in [7, 11) is -2.72. The number of esters is 1. The molecule has 0 aliphatic carbocycles. The number of hydrogen-bond donors (Lipinski definition) is 1. The highest BCUT2D eigenvalue weighted by molar-refractivity contribution is 7.89. The van der Waals surface area contributed by atoms with Gasteiger partial charge >= 0.3 is 5.97 Å². The molecule has 1 heterocycles. The molecule has 6 nitrogen and oxygen atoms in total. The lowest BCUT2D eigenvalue weighted by molar-refractivity contribution is 0.0602. The molecule has 0 atom stereocenters. The number of thiophene rings is 1. The first-order chi connectivity index (χ1) is 11.0. The third kappa shape index (κ3) is 3.97. The van der Waals surface area contributed by atoms with Crippen molar-refractivity contribution < 1.29 is 23.1 Å². The first-order valence-electron chi connectivity index (χ1n) is 6.81. The monoisotopic (exact) mass is 355 g/mol. The molecule has 124 valence electrons. The Kier molecular flexibility index (Phi) is 5.89. The molecule has 0 radical (unpaired) electrons. The summed E-state index contributed by atoms with van der Waals surface area (Å²) in [4.78, 5) is 11.7. The number of rotatable bonds is 7. The van der Waals surface area contributed by atoms with Gasteiger partial charge in [-0.2, -0.15) is 4.31 Å². The van der Waals surface area contributed by atoms with Crippen molar-refractivity contribution in [1.82, 2.24) is 4.31 Å². The van der Waals surface area contributed by atoms with E-state index in [-0.39, 0.29) is 29.5 Å². The first-order valence-corrected chi connectivity index (χ1v) is 9.13. The van der Waals surface area contributed by atoms with Gasteiger partial charge in [0.15, 0.2) is 0 Å². The summed E-state index contributed by atoms with van der Waals surface area (Å²) < 4.78 is 31.5. The highest BCUT2D eigenvalue weighted by Gasteiger charge is 2.30. The second-order valence-corrected chi connectivity index (χ2v) is 7.48. The lowest BCUT2D eigenvalue weighted by atomic mass is 10.2. The van der Waals surface area contributed by atoms with E-state index in [0.717, 1.165) is 21.2 Å². The van der Waals surface area contributed by atoms with Crippen LogP contribution in [0, 0.1) is 0 Å². The van der Waals surface area contributed by atoms with Gasteiger partial charge in [-0.1, -0.05) is 30.3 Å². The molecule has 0 bridgehead atoms. The molecule has 0 aliphatic heterocycles. The number of carbonyl (C=O) groups is 1. The fourth-order valence-electron chi connectivity index (χ4n) is 2.06. The second kappa shape index (κ2) is 7.69. The summed E-state index contributed by atoms with van der Waals surface area (Å²) in [5.74, 6) is -0.692. The summed E-state index contributed by atoms with van der Waals surface area (Å²) in [5, 5.41) is 10.7. The predicted molar refractivity (Wildman–Crippen MR) is 86.8 cm³/mol.